The van der Waals surface area contributed by atoms with Crippen LogP contribution in [0.5, 0.6) is 5.88 Å². The van der Waals surface area contributed by atoms with E-state index in [9.17, 15) is 8.28 Å². The minimum absolute atomic E-state index is 0.0134. The molecule has 0 saturated carbocycles. The number of methoxy groups -OCH3 is 1. The highest BCUT2D eigenvalue weighted by molar-refractivity contribution is 7.92. The van der Waals surface area contributed by atoms with Gasteiger partial charge in [0.1, 0.15) is 11.0 Å². The average Bonchev–Trinajstić information content (AvgIpc) is 2.87. The van der Waals surface area contributed by atoms with Crippen LogP contribution in [-0.2, 0) is 0 Å². The molecule has 0 aliphatic carbocycles. The zero-order chi connectivity index (χ0) is 15.9. The molecule has 114 valence electrons. The van der Waals surface area contributed by atoms with Crippen LogP contribution in [0, 0.1) is 12.7 Å². The van der Waals surface area contributed by atoms with Gasteiger partial charge in [-0.05, 0) is 24.6 Å². The first kappa shape index (κ1) is 15.1. The van der Waals surface area contributed by atoms with E-state index in [0.717, 1.165) is 6.20 Å². The van der Waals surface area contributed by atoms with Gasteiger partial charge in [-0.2, -0.15) is 0 Å². The smallest absolute Gasteiger partial charge is 0.221 e. The summed E-state index contributed by atoms with van der Waals surface area (Å²) in [5.74, 6) is -0.205. The van der Waals surface area contributed by atoms with E-state index in [-0.39, 0.29) is 23.4 Å². The van der Waals surface area contributed by atoms with Crippen LogP contribution in [-0.4, -0.2) is 21.1 Å². The van der Waals surface area contributed by atoms with E-state index in [1.165, 1.54) is 17.3 Å². The van der Waals surface area contributed by atoms with Crippen molar-refractivity contribution in [1.29, 1.82) is 0 Å². The second kappa shape index (κ2) is 5.73. The summed E-state index contributed by atoms with van der Waals surface area (Å²) in [5.41, 5.74) is 1.75. The molecule has 3 heterocycles. The minimum Gasteiger partial charge on any atom is -0.481 e. The second-order valence-corrected chi connectivity index (χ2v) is 5.48. The molecule has 4 nitrogen and oxygen atoms in total. The van der Waals surface area contributed by atoms with E-state index < -0.39 is 5.82 Å². The van der Waals surface area contributed by atoms with Crippen LogP contribution in [0.3, 0.4) is 0 Å². The molecule has 0 aliphatic heterocycles. The van der Waals surface area contributed by atoms with Crippen LogP contribution < -0.4 is 4.74 Å². The molecule has 0 radical (unpaired) electrons. The van der Waals surface area contributed by atoms with E-state index in [4.69, 9.17) is 16.3 Å². The van der Waals surface area contributed by atoms with Crippen LogP contribution in [0.25, 0.3) is 22.2 Å². The maximum atomic E-state index is 13.9. The van der Waals surface area contributed by atoms with Gasteiger partial charge in [-0.3, -0.25) is 0 Å². The first-order chi connectivity index (χ1) is 10.6. The Kier molecular flexibility index (Phi) is 3.92. The van der Waals surface area contributed by atoms with Crippen molar-refractivity contribution in [2.24, 2.45) is 0 Å². The van der Waals surface area contributed by atoms with Crippen molar-refractivity contribution in [3.63, 3.8) is 0 Å². The fourth-order valence-electron chi connectivity index (χ4n) is 2.33. The van der Waals surface area contributed by atoms with Crippen LogP contribution in [0.1, 0.15) is 5.56 Å². The number of aromatic nitrogens is 3. The Balaban J connectivity index is 2.39. The molecule has 3 rings (SSSR count). The first-order valence-electron chi connectivity index (χ1n) is 6.23. The molecule has 0 fully saturated rings. The monoisotopic (exact) mass is 341 g/mol. The van der Waals surface area contributed by atoms with E-state index >= 15 is 0 Å². The standard InChI is InChI=1S/C14H10ClF2N3OS/c1-7-10(16)5-18-14(21-2)12(7)9-6-20(22-17)13-8(9)3-4-11(15)19-13/h3-6H,1-2H3. The highest BCUT2D eigenvalue weighted by Gasteiger charge is 2.20. The van der Waals surface area contributed by atoms with Crippen molar-refractivity contribution in [3.8, 4) is 17.0 Å². The molecule has 0 N–H and O–H groups in total. The van der Waals surface area contributed by atoms with Crippen LogP contribution in [0.4, 0.5) is 8.28 Å². The lowest BCUT2D eigenvalue weighted by molar-refractivity contribution is 0.397. The maximum Gasteiger partial charge on any atom is 0.221 e. The molecule has 0 atom stereocenters. The SMILES string of the molecule is COc1ncc(F)c(C)c1-c1cn(SF)c2nc(Cl)ccc12. The summed E-state index contributed by atoms with van der Waals surface area (Å²) in [7, 11) is 1.45. The lowest BCUT2D eigenvalue weighted by atomic mass is 10.0. The predicted octanol–water partition coefficient (Wildman–Crippen LogP) is 4.59. The molecular formula is C14H10ClF2N3OS. The van der Waals surface area contributed by atoms with Gasteiger partial charge in [-0.1, -0.05) is 11.6 Å². The molecule has 8 heteroatoms. The largest absolute Gasteiger partial charge is 0.481 e. The van der Waals surface area contributed by atoms with Crippen LogP contribution in [0.15, 0.2) is 24.5 Å². The quantitative estimate of drug-likeness (QED) is 0.653. The van der Waals surface area contributed by atoms with Gasteiger partial charge in [0.05, 0.1) is 18.9 Å². The van der Waals surface area contributed by atoms with Crippen molar-refractivity contribution in [1.82, 2.24) is 13.9 Å². The first-order valence-corrected chi connectivity index (χ1v) is 7.28. The predicted molar refractivity (Wildman–Crippen MR) is 83.3 cm³/mol. The third-order valence-corrected chi connectivity index (χ3v) is 4.00. The van der Waals surface area contributed by atoms with Crippen LogP contribution >= 0.6 is 23.9 Å². The molecular weight excluding hydrogens is 332 g/mol. The molecule has 3 aromatic heterocycles. The van der Waals surface area contributed by atoms with Gasteiger partial charge in [0.2, 0.25) is 5.88 Å². The summed E-state index contributed by atoms with van der Waals surface area (Å²) < 4.78 is 33.5. The zero-order valence-electron chi connectivity index (χ0n) is 11.6. The summed E-state index contributed by atoms with van der Waals surface area (Å²) in [4.78, 5) is 8.05. The van der Waals surface area contributed by atoms with Crippen molar-refractivity contribution in [3.05, 3.63) is 41.1 Å². The Bertz CT molecular complexity index is 869. The number of fused-ring (bicyclic) bond motifs is 1. The summed E-state index contributed by atoms with van der Waals surface area (Å²) in [6.07, 6.45) is 2.61. The molecule has 0 bridgehead atoms. The number of rotatable bonds is 3. The topological polar surface area (TPSA) is 39.9 Å². The Morgan fingerprint density at radius 1 is 1.36 bits per heavy atom. The van der Waals surface area contributed by atoms with Crippen molar-refractivity contribution in [2.45, 2.75) is 6.92 Å². The fraction of sp³-hybridized carbons (Fsp3) is 0.143. The third kappa shape index (κ3) is 2.30. The Hall–Kier alpha value is -1.86. The van der Waals surface area contributed by atoms with Crippen molar-refractivity contribution < 1.29 is 13.0 Å². The number of pyridine rings is 2. The van der Waals surface area contributed by atoms with Gasteiger partial charge in [-0.15, -0.1) is 3.89 Å². The summed E-state index contributed by atoms with van der Waals surface area (Å²) in [6.45, 7) is 1.62. The molecule has 0 aliphatic rings. The molecule has 0 spiro atoms. The Morgan fingerprint density at radius 2 is 2.14 bits per heavy atom. The van der Waals surface area contributed by atoms with E-state index in [2.05, 4.69) is 9.97 Å². The van der Waals surface area contributed by atoms with E-state index in [0.29, 0.717) is 27.7 Å². The van der Waals surface area contributed by atoms with Crippen molar-refractivity contribution >= 4 is 35.0 Å². The normalized spacial score (nSPS) is 11.1. The molecule has 0 amide bonds. The summed E-state index contributed by atoms with van der Waals surface area (Å²) in [6, 6.07) is 3.30. The molecule has 0 unspecified atom stereocenters. The summed E-state index contributed by atoms with van der Waals surface area (Å²) >= 11 is 5.85. The Morgan fingerprint density at radius 3 is 2.82 bits per heavy atom. The molecule has 3 aromatic rings. The lowest BCUT2D eigenvalue weighted by Gasteiger charge is -2.10. The molecule has 0 saturated heterocycles. The van der Waals surface area contributed by atoms with Gasteiger partial charge in [0.25, 0.3) is 0 Å². The minimum atomic E-state index is -0.466. The Labute approximate surface area is 134 Å². The highest BCUT2D eigenvalue weighted by Crippen LogP contribution is 2.39. The highest BCUT2D eigenvalue weighted by atomic mass is 35.5. The zero-order valence-corrected chi connectivity index (χ0v) is 13.2. The number of nitrogens with zero attached hydrogens (tertiary/aromatic N) is 3. The second-order valence-electron chi connectivity index (χ2n) is 4.56. The van der Waals surface area contributed by atoms with Crippen molar-refractivity contribution in [2.75, 3.05) is 7.11 Å². The lowest BCUT2D eigenvalue weighted by Crippen LogP contribution is -1.97. The number of hydrogen-bond donors (Lipinski definition) is 0. The third-order valence-electron chi connectivity index (χ3n) is 3.37. The van der Waals surface area contributed by atoms with Gasteiger partial charge >= 0.3 is 0 Å². The van der Waals surface area contributed by atoms with Gasteiger partial charge < -0.3 is 4.74 Å². The van der Waals surface area contributed by atoms with Gasteiger partial charge in [0, 0.05) is 17.1 Å². The van der Waals surface area contributed by atoms with Gasteiger partial charge in [0.15, 0.2) is 18.0 Å². The number of ether oxygens (including phenoxy) is 1. The molecule has 0 aromatic carbocycles. The number of halogens is 3. The summed E-state index contributed by atoms with van der Waals surface area (Å²) in [5, 5.41) is 0.872. The van der Waals surface area contributed by atoms with Gasteiger partial charge in [-0.25, -0.2) is 18.3 Å². The maximum absolute atomic E-state index is 13.9. The number of hydrogen-bond acceptors (Lipinski definition) is 4. The van der Waals surface area contributed by atoms with Crippen LogP contribution in [0.2, 0.25) is 5.15 Å². The molecule has 22 heavy (non-hydrogen) atoms. The fourth-order valence-corrected chi connectivity index (χ4v) is 2.82. The van der Waals surface area contributed by atoms with E-state index in [1.54, 1.807) is 19.1 Å². The van der Waals surface area contributed by atoms with E-state index in [1.807, 2.05) is 0 Å². The average molecular weight is 342 g/mol.